The summed E-state index contributed by atoms with van der Waals surface area (Å²) < 4.78 is 22.6. The summed E-state index contributed by atoms with van der Waals surface area (Å²) >= 11 is 0. The van der Waals surface area contributed by atoms with Crippen molar-refractivity contribution in [3.8, 4) is 0 Å². The molecule has 0 aliphatic carbocycles. The molecule has 4 nitrogen and oxygen atoms in total. The van der Waals surface area contributed by atoms with Crippen LogP contribution in [-0.4, -0.2) is 58.6 Å². The highest BCUT2D eigenvalue weighted by atomic mass is 16.7. The average Bonchev–Trinajstić information content (AvgIpc) is 2.63. The van der Waals surface area contributed by atoms with Crippen LogP contribution in [0.25, 0.3) is 0 Å². The van der Waals surface area contributed by atoms with Crippen molar-refractivity contribution in [1.82, 2.24) is 0 Å². The summed E-state index contributed by atoms with van der Waals surface area (Å²) in [5.41, 5.74) is -0.311. The van der Waals surface area contributed by atoms with Crippen molar-refractivity contribution in [2.45, 2.75) is 43.3 Å². The monoisotopic (exact) mass is 214 g/mol. The standard InChI is InChI=1S/C10H19BO4/c1-6-10(4-5-12-2)8(13-3)7(14-6)9(11)15-10/h6-9H,4-5,11H2,1-3H3/t6?,7-,8?,9-,10+/m1/s1. The first-order valence-corrected chi connectivity index (χ1v) is 5.50. The van der Waals surface area contributed by atoms with Gasteiger partial charge in [0.25, 0.3) is 0 Å². The Balaban J connectivity index is 2.17. The molecule has 2 fully saturated rings. The van der Waals surface area contributed by atoms with Gasteiger partial charge in [-0.05, 0) is 6.92 Å². The lowest BCUT2D eigenvalue weighted by Gasteiger charge is -2.35. The minimum atomic E-state index is -0.311. The average molecular weight is 214 g/mol. The number of fused-ring (bicyclic) bond motifs is 2. The van der Waals surface area contributed by atoms with E-state index in [1.54, 1.807) is 14.2 Å². The molecule has 5 atom stereocenters. The quantitative estimate of drug-likeness (QED) is 0.594. The topological polar surface area (TPSA) is 36.9 Å². The number of methoxy groups -OCH3 is 2. The maximum Gasteiger partial charge on any atom is 0.142 e. The second kappa shape index (κ2) is 4.05. The lowest BCUT2D eigenvalue weighted by Crippen LogP contribution is -2.48. The number of hydrogen-bond donors (Lipinski definition) is 0. The third kappa shape index (κ3) is 1.53. The first-order chi connectivity index (χ1) is 7.15. The van der Waals surface area contributed by atoms with Gasteiger partial charge in [0.1, 0.15) is 25.7 Å². The minimum Gasteiger partial charge on any atom is -0.385 e. The van der Waals surface area contributed by atoms with Gasteiger partial charge in [-0.15, -0.1) is 0 Å². The molecular weight excluding hydrogens is 195 g/mol. The van der Waals surface area contributed by atoms with Gasteiger partial charge < -0.3 is 18.9 Å². The van der Waals surface area contributed by atoms with Crippen molar-refractivity contribution < 1.29 is 18.9 Å². The van der Waals surface area contributed by atoms with Gasteiger partial charge in [0.15, 0.2) is 0 Å². The Morgan fingerprint density at radius 1 is 1.40 bits per heavy atom. The highest BCUT2D eigenvalue weighted by Crippen LogP contribution is 2.46. The Morgan fingerprint density at radius 2 is 2.13 bits per heavy atom. The normalized spacial score (nSPS) is 48.7. The molecule has 86 valence electrons. The van der Waals surface area contributed by atoms with E-state index < -0.39 is 0 Å². The van der Waals surface area contributed by atoms with Gasteiger partial charge in [0.05, 0.1) is 12.1 Å². The number of hydrogen-bond acceptors (Lipinski definition) is 4. The zero-order valence-corrected chi connectivity index (χ0v) is 9.86. The van der Waals surface area contributed by atoms with Crippen LogP contribution in [0.4, 0.5) is 0 Å². The van der Waals surface area contributed by atoms with E-state index in [2.05, 4.69) is 0 Å². The fourth-order valence-electron chi connectivity index (χ4n) is 2.86. The molecule has 0 saturated carbocycles. The molecule has 0 aromatic heterocycles. The lowest BCUT2D eigenvalue weighted by molar-refractivity contribution is -0.165. The molecule has 5 heteroatoms. The van der Waals surface area contributed by atoms with E-state index in [1.807, 2.05) is 14.8 Å². The van der Waals surface area contributed by atoms with Gasteiger partial charge in [-0.3, -0.25) is 0 Å². The molecule has 2 aliphatic heterocycles. The molecule has 2 bridgehead atoms. The molecule has 2 aliphatic rings. The summed E-state index contributed by atoms with van der Waals surface area (Å²) in [6, 6.07) is 0.114. The van der Waals surface area contributed by atoms with Crippen molar-refractivity contribution in [2.24, 2.45) is 0 Å². The Bertz CT molecular complexity index is 237. The third-order valence-corrected chi connectivity index (χ3v) is 3.65. The van der Waals surface area contributed by atoms with Crippen LogP contribution in [-0.2, 0) is 18.9 Å². The molecule has 0 aromatic carbocycles. The highest BCUT2D eigenvalue weighted by molar-refractivity contribution is 6.11. The molecule has 0 radical (unpaired) electrons. The summed E-state index contributed by atoms with van der Waals surface area (Å²) in [4.78, 5) is 0. The first-order valence-electron chi connectivity index (χ1n) is 5.50. The predicted molar refractivity (Wildman–Crippen MR) is 57.8 cm³/mol. The van der Waals surface area contributed by atoms with Crippen molar-refractivity contribution in [3.63, 3.8) is 0 Å². The Labute approximate surface area is 91.6 Å². The van der Waals surface area contributed by atoms with Crippen LogP contribution in [0.15, 0.2) is 0 Å². The largest absolute Gasteiger partial charge is 0.385 e. The van der Waals surface area contributed by atoms with Gasteiger partial charge >= 0.3 is 0 Å². The maximum absolute atomic E-state index is 6.04. The second-order valence-corrected chi connectivity index (χ2v) is 4.42. The maximum atomic E-state index is 6.04. The molecule has 0 aromatic rings. The van der Waals surface area contributed by atoms with Gasteiger partial charge in [0.2, 0.25) is 0 Å². The summed E-state index contributed by atoms with van der Waals surface area (Å²) in [6.45, 7) is 2.72. The van der Waals surface area contributed by atoms with Crippen LogP contribution in [0.3, 0.4) is 0 Å². The summed E-state index contributed by atoms with van der Waals surface area (Å²) in [6.07, 6.45) is 1.02. The molecule has 2 heterocycles. The Hall–Kier alpha value is -0.0951. The van der Waals surface area contributed by atoms with Crippen molar-refractivity contribution >= 4 is 7.85 Å². The number of ether oxygens (including phenoxy) is 4. The van der Waals surface area contributed by atoms with E-state index in [0.717, 1.165) is 6.42 Å². The van der Waals surface area contributed by atoms with Crippen molar-refractivity contribution in [1.29, 1.82) is 0 Å². The molecule has 0 amide bonds. The Morgan fingerprint density at radius 3 is 2.73 bits per heavy atom. The zero-order valence-electron chi connectivity index (χ0n) is 9.86. The molecule has 2 unspecified atom stereocenters. The fourth-order valence-corrected chi connectivity index (χ4v) is 2.86. The third-order valence-electron chi connectivity index (χ3n) is 3.65. The lowest BCUT2D eigenvalue weighted by atomic mass is 9.88. The molecule has 0 spiro atoms. The fraction of sp³-hybridized carbons (Fsp3) is 1.00. The van der Waals surface area contributed by atoms with E-state index in [4.69, 9.17) is 18.9 Å². The summed E-state index contributed by atoms with van der Waals surface area (Å²) in [7, 11) is 5.47. The van der Waals surface area contributed by atoms with Crippen LogP contribution < -0.4 is 0 Å². The summed E-state index contributed by atoms with van der Waals surface area (Å²) in [5.74, 6) is 0. The molecule has 0 N–H and O–H groups in total. The second-order valence-electron chi connectivity index (χ2n) is 4.42. The van der Waals surface area contributed by atoms with Gasteiger partial charge in [-0.2, -0.15) is 0 Å². The van der Waals surface area contributed by atoms with Gasteiger partial charge in [-0.1, -0.05) is 0 Å². The SMILES string of the molecule is B[C@@H]1O[C@@]2(CCOC)C(C)O[C@@H]1C2OC. The molecule has 2 saturated heterocycles. The molecular formula is C10H19BO4. The molecule has 2 rings (SSSR count). The van der Waals surface area contributed by atoms with E-state index in [0.29, 0.717) is 6.61 Å². The highest BCUT2D eigenvalue weighted by Gasteiger charge is 2.63. The van der Waals surface area contributed by atoms with E-state index in [-0.39, 0.29) is 29.9 Å². The summed E-state index contributed by atoms with van der Waals surface area (Å²) in [5, 5.41) is 0. The first kappa shape index (κ1) is 11.4. The van der Waals surface area contributed by atoms with Gasteiger partial charge in [-0.25, -0.2) is 0 Å². The smallest absolute Gasteiger partial charge is 0.142 e. The Kier molecular flexibility index (Phi) is 3.08. The molecule has 15 heavy (non-hydrogen) atoms. The van der Waals surface area contributed by atoms with Crippen molar-refractivity contribution in [3.05, 3.63) is 0 Å². The van der Waals surface area contributed by atoms with E-state index >= 15 is 0 Å². The van der Waals surface area contributed by atoms with Crippen LogP contribution in [0.2, 0.25) is 0 Å². The zero-order chi connectivity index (χ0) is 11.1. The van der Waals surface area contributed by atoms with Crippen LogP contribution in [0.1, 0.15) is 13.3 Å². The van der Waals surface area contributed by atoms with Crippen molar-refractivity contribution in [2.75, 3.05) is 20.8 Å². The predicted octanol–water partition coefficient (Wildman–Crippen LogP) is -0.447. The van der Waals surface area contributed by atoms with Gasteiger partial charge in [0, 0.05) is 27.2 Å². The van der Waals surface area contributed by atoms with Crippen LogP contribution in [0, 0.1) is 0 Å². The minimum absolute atomic E-state index is 0.0395. The van der Waals surface area contributed by atoms with Crippen LogP contribution in [0.5, 0.6) is 0 Å². The van der Waals surface area contributed by atoms with Crippen LogP contribution >= 0.6 is 0 Å². The van der Waals surface area contributed by atoms with E-state index in [1.165, 1.54) is 0 Å². The van der Waals surface area contributed by atoms with E-state index in [9.17, 15) is 0 Å². The number of rotatable bonds is 4.